The van der Waals surface area contributed by atoms with Gasteiger partial charge in [-0.1, -0.05) is 6.42 Å². The standard InChI is InChI=1S/C13H18N4O.C2H4O2/c1-16-7-5-11(15-16)13-14-6-8-17(13)12-4-2-3-10(12)9-18;1-2(3)4/h5-8,10,12,18H,2-4,9H2,1H3;1H3,(H,3,4)/t10-,12-;/m0./s1. The van der Waals surface area contributed by atoms with E-state index in [4.69, 9.17) is 9.90 Å². The summed E-state index contributed by atoms with van der Waals surface area (Å²) in [5.74, 6) is 0.419. The summed E-state index contributed by atoms with van der Waals surface area (Å²) < 4.78 is 3.96. The predicted octanol–water partition coefficient (Wildman–Crippen LogP) is 1.71. The van der Waals surface area contributed by atoms with Crippen molar-refractivity contribution in [3.8, 4) is 11.5 Å². The van der Waals surface area contributed by atoms with E-state index < -0.39 is 5.97 Å². The molecule has 7 nitrogen and oxygen atoms in total. The van der Waals surface area contributed by atoms with E-state index in [0.29, 0.717) is 12.0 Å². The Labute approximate surface area is 129 Å². The number of carboxylic acid groups (broad SMARTS) is 1. The summed E-state index contributed by atoms with van der Waals surface area (Å²) in [6.07, 6.45) is 9.13. The molecule has 1 fully saturated rings. The topological polar surface area (TPSA) is 93.2 Å². The third-order valence-corrected chi connectivity index (χ3v) is 3.82. The van der Waals surface area contributed by atoms with Gasteiger partial charge in [0.2, 0.25) is 0 Å². The zero-order chi connectivity index (χ0) is 16.1. The van der Waals surface area contributed by atoms with Gasteiger partial charge in [-0.2, -0.15) is 5.10 Å². The zero-order valence-corrected chi connectivity index (χ0v) is 12.9. The maximum absolute atomic E-state index is 9.45. The Bertz CT molecular complexity index is 616. The van der Waals surface area contributed by atoms with E-state index >= 15 is 0 Å². The molecule has 0 aliphatic heterocycles. The number of aryl methyl sites for hydroxylation is 1. The Morgan fingerprint density at radius 3 is 2.73 bits per heavy atom. The van der Waals surface area contributed by atoms with Crippen LogP contribution in [0.25, 0.3) is 11.5 Å². The van der Waals surface area contributed by atoms with Crippen LogP contribution in [0.1, 0.15) is 32.2 Å². The van der Waals surface area contributed by atoms with Crippen LogP contribution in [0, 0.1) is 5.92 Å². The molecule has 120 valence electrons. The Morgan fingerprint density at radius 2 is 2.14 bits per heavy atom. The number of nitrogens with zero attached hydrogens (tertiary/aromatic N) is 4. The molecule has 1 saturated carbocycles. The van der Waals surface area contributed by atoms with Crippen molar-refractivity contribution in [3.05, 3.63) is 24.7 Å². The molecule has 0 spiro atoms. The third kappa shape index (κ3) is 3.73. The van der Waals surface area contributed by atoms with Crippen LogP contribution in [0.15, 0.2) is 24.7 Å². The van der Waals surface area contributed by atoms with Crippen molar-refractivity contribution in [2.75, 3.05) is 6.61 Å². The third-order valence-electron chi connectivity index (χ3n) is 3.82. The SMILES string of the molecule is CC(=O)O.Cn1ccc(-c2nccn2[C@H]2CCC[C@H]2CO)n1. The second-order valence-corrected chi connectivity index (χ2v) is 5.49. The van der Waals surface area contributed by atoms with Crippen LogP contribution in [0.2, 0.25) is 0 Å². The summed E-state index contributed by atoms with van der Waals surface area (Å²) in [4.78, 5) is 13.4. The van der Waals surface area contributed by atoms with E-state index in [2.05, 4.69) is 14.6 Å². The summed E-state index contributed by atoms with van der Waals surface area (Å²) in [5, 5.41) is 21.3. The van der Waals surface area contributed by atoms with Crippen molar-refractivity contribution in [3.63, 3.8) is 0 Å². The minimum Gasteiger partial charge on any atom is -0.481 e. The van der Waals surface area contributed by atoms with Crippen LogP contribution in [0.4, 0.5) is 0 Å². The molecular weight excluding hydrogens is 284 g/mol. The van der Waals surface area contributed by atoms with Gasteiger partial charge in [0, 0.05) is 51.1 Å². The minimum atomic E-state index is -0.833. The van der Waals surface area contributed by atoms with Crippen LogP contribution in [-0.4, -0.2) is 42.1 Å². The number of aliphatic hydroxyl groups is 1. The molecule has 1 aliphatic carbocycles. The van der Waals surface area contributed by atoms with Crippen LogP contribution in [0.5, 0.6) is 0 Å². The maximum Gasteiger partial charge on any atom is 0.300 e. The van der Waals surface area contributed by atoms with Gasteiger partial charge < -0.3 is 14.8 Å². The molecule has 0 radical (unpaired) electrons. The molecule has 1 aliphatic rings. The molecule has 0 bridgehead atoms. The summed E-state index contributed by atoms with van der Waals surface area (Å²) in [7, 11) is 1.91. The normalized spacial score (nSPS) is 20.5. The predicted molar refractivity (Wildman–Crippen MR) is 81.2 cm³/mol. The highest BCUT2D eigenvalue weighted by atomic mass is 16.4. The van der Waals surface area contributed by atoms with Gasteiger partial charge in [0.1, 0.15) is 5.69 Å². The average Bonchev–Trinajstić information content (AvgIpc) is 3.16. The van der Waals surface area contributed by atoms with Gasteiger partial charge in [0.25, 0.3) is 5.97 Å². The molecule has 0 saturated heterocycles. The van der Waals surface area contributed by atoms with Gasteiger partial charge in [-0.3, -0.25) is 9.48 Å². The van der Waals surface area contributed by atoms with Gasteiger partial charge >= 0.3 is 0 Å². The van der Waals surface area contributed by atoms with Crippen LogP contribution in [0.3, 0.4) is 0 Å². The number of hydrogen-bond donors (Lipinski definition) is 2. The van der Waals surface area contributed by atoms with Gasteiger partial charge in [-0.05, 0) is 18.9 Å². The number of rotatable bonds is 3. The molecule has 2 aromatic heterocycles. The van der Waals surface area contributed by atoms with E-state index in [0.717, 1.165) is 31.3 Å². The Kier molecular flexibility index (Phi) is 5.32. The molecule has 2 aromatic rings. The molecule has 0 amide bonds. The molecule has 0 unspecified atom stereocenters. The molecule has 3 rings (SSSR count). The number of imidazole rings is 1. The number of hydrogen-bond acceptors (Lipinski definition) is 4. The highest BCUT2D eigenvalue weighted by Crippen LogP contribution is 2.37. The van der Waals surface area contributed by atoms with Gasteiger partial charge in [-0.15, -0.1) is 0 Å². The van der Waals surface area contributed by atoms with Crippen molar-refractivity contribution < 1.29 is 15.0 Å². The molecular formula is C15H22N4O3. The van der Waals surface area contributed by atoms with Crippen molar-refractivity contribution in [2.24, 2.45) is 13.0 Å². The summed E-state index contributed by atoms with van der Waals surface area (Å²) in [6, 6.07) is 2.33. The average molecular weight is 306 g/mol. The Balaban J connectivity index is 0.000000396. The fraction of sp³-hybridized carbons (Fsp3) is 0.533. The van der Waals surface area contributed by atoms with Crippen molar-refractivity contribution in [1.29, 1.82) is 0 Å². The summed E-state index contributed by atoms with van der Waals surface area (Å²) >= 11 is 0. The number of aliphatic carboxylic acids is 1. The maximum atomic E-state index is 9.45. The van der Waals surface area contributed by atoms with Crippen LogP contribution in [-0.2, 0) is 11.8 Å². The molecule has 2 heterocycles. The van der Waals surface area contributed by atoms with E-state index in [1.54, 1.807) is 4.68 Å². The first kappa shape index (κ1) is 16.2. The lowest BCUT2D eigenvalue weighted by atomic mass is 10.0. The van der Waals surface area contributed by atoms with E-state index in [9.17, 15) is 5.11 Å². The molecule has 2 atom stereocenters. The molecule has 22 heavy (non-hydrogen) atoms. The van der Waals surface area contributed by atoms with Gasteiger partial charge in [-0.25, -0.2) is 4.98 Å². The monoisotopic (exact) mass is 306 g/mol. The number of carbonyl (C=O) groups is 1. The lowest BCUT2D eigenvalue weighted by molar-refractivity contribution is -0.134. The number of aliphatic hydroxyl groups excluding tert-OH is 1. The number of aromatic nitrogens is 4. The first-order valence-electron chi connectivity index (χ1n) is 7.36. The van der Waals surface area contributed by atoms with E-state index in [1.165, 1.54) is 6.42 Å². The van der Waals surface area contributed by atoms with Gasteiger partial charge in [0.15, 0.2) is 5.82 Å². The Hall–Kier alpha value is -2.15. The molecule has 0 aromatic carbocycles. The smallest absolute Gasteiger partial charge is 0.300 e. The summed E-state index contributed by atoms with van der Waals surface area (Å²) in [5.41, 5.74) is 0.895. The highest BCUT2D eigenvalue weighted by molar-refractivity contribution is 5.62. The second-order valence-electron chi connectivity index (χ2n) is 5.49. The van der Waals surface area contributed by atoms with E-state index in [-0.39, 0.29) is 6.61 Å². The lowest BCUT2D eigenvalue weighted by Gasteiger charge is -2.20. The number of carboxylic acids is 1. The molecule has 2 N–H and O–H groups in total. The van der Waals surface area contributed by atoms with E-state index in [1.807, 2.05) is 31.7 Å². The first-order chi connectivity index (χ1) is 10.5. The quantitative estimate of drug-likeness (QED) is 0.900. The first-order valence-corrected chi connectivity index (χ1v) is 7.36. The molecule has 7 heteroatoms. The second kappa shape index (κ2) is 7.22. The van der Waals surface area contributed by atoms with Gasteiger partial charge in [0.05, 0.1) is 0 Å². The highest BCUT2D eigenvalue weighted by Gasteiger charge is 2.29. The fourth-order valence-corrected chi connectivity index (χ4v) is 2.91. The largest absolute Gasteiger partial charge is 0.481 e. The van der Waals surface area contributed by atoms with Crippen LogP contribution >= 0.6 is 0 Å². The lowest BCUT2D eigenvalue weighted by Crippen LogP contribution is -2.17. The van der Waals surface area contributed by atoms with Crippen LogP contribution < -0.4 is 0 Å². The summed E-state index contributed by atoms with van der Waals surface area (Å²) in [6.45, 7) is 1.34. The van der Waals surface area contributed by atoms with Crippen molar-refractivity contribution in [2.45, 2.75) is 32.2 Å². The fourth-order valence-electron chi connectivity index (χ4n) is 2.91. The zero-order valence-electron chi connectivity index (χ0n) is 12.9. The van der Waals surface area contributed by atoms with Crippen molar-refractivity contribution >= 4 is 5.97 Å². The minimum absolute atomic E-state index is 0.254. The van der Waals surface area contributed by atoms with Crippen molar-refractivity contribution in [1.82, 2.24) is 19.3 Å². The Morgan fingerprint density at radius 1 is 1.41 bits per heavy atom.